The van der Waals surface area contributed by atoms with Crippen molar-refractivity contribution in [3.8, 4) is 0 Å². The van der Waals surface area contributed by atoms with E-state index in [4.69, 9.17) is 11.6 Å². The number of carbonyl (C=O) groups excluding carboxylic acids is 2. The second kappa shape index (κ2) is 9.73. The highest BCUT2D eigenvalue weighted by atomic mass is 35.5. The van der Waals surface area contributed by atoms with Crippen molar-refractivity contribution in [2.24, 2.45) is 0 Å². The molecule has 3 rings (SSSR count). The van der Waals surface area contributed by atoms with Crippen molar-refractivity contribution in [3.63, 3.8) is 0 Å². The number of aryl methyl sites for hydroxylation is 1. The molecule has 1 aromatic heterocycles. The number of nitrogens with zero attached hydrogens (tertiary/aromatic N) is 2. The molecule has 0 bridgehead atoms. The summed E-state index contributed by atoms with van der Waals surface area (Å²) in [5.74, 6) is -0.155. The van der Waals surface area contributed by atoms with Gasteiger partial charge in [0, 0.05) is 29.0 Å². The van der Waals surface area contributed by atoms with Crippen LogP contribution in [0, 0.1) is 6.92 Å². The van der Waals surface area contributed by atoms with E-state index in [-0.39, 0.29) is 17.6 Å². The molecule has 10 heteroatoms. The van der Waals surface area contributed by atoms with Crippen molar-refractivity contribution >= 4 is 68.7 Å². The van der Waals surface area contributed by atoms with Crippen LogP contribution in [0.2, 0.25) is 5.02 Å². The van der Waals surface area contributed by atoms with Gasteiger partial charge in [-0.2, -0.15) is 0 Å². The van der Waals surface area contributed by atoms with Gasteiger partial charge >= 0.3 is 0 Å². The third-order valence-electron chi connectivity index (χ3n) is 3.62. The fourth-order valence-electron chi connectivity index (χ4n) is 2.32. The van der Waals surface area contributed by atoms with Gasteiger partial charge in [0.2, 0.25) is 16.9 Å². The molecule has 0 fully saturated rings. The number of thioether (sulfide) groups is 1. The van der Waals surface area contributed by atoms with E-state index in [9.17, 15) is 9.59 Å². The lowest BCUT2D eigenvalue weighted by Crippen LogP contribution is -2.14. The summed E-state index contributed by atoms with van der Waals surface area (Å²) < 4.78 is 0.674. The minimum Gasteiger partial charge on any atom is -0.330 e. The molecule has 0 spiro atoms. The average Bonchev–Trinajstić information content (AvgIpc) is 3.10. The van der Waals surface area contributed by atoms with Crippen LogP contribution in [0.1, 0.15) is 12.5 Å². The van der Waals surface area contributed by atoms with Crippen molar-refractivity contribution in [1.82, 2.24) is 10.2 Å². The van der Waals surface area contributed by atoms with E-state index in [0.29, 0.717) is 25.9 Å². The highest BCUT2D eigenvalue weighted by Crippen LogP contribution is 2.29. The fraction of sp³-hybridized carbons (Fsp3) is 0.158. The summed E-state index contributed by atoms with van der Waals surface area (Å²) in [5.41, 5.74) is 3.06. The highest BCUT2D eigenvalue weighted by Gasteiger charge is 2.10. The Hall–Kier alpha value is -2.62. The number of hydrogen-bond donors (Lipinski definition) is 3. The van der Waals surface area contributed by atoms with E-state index in [1.807, 2.05) is 25.1 Å². The Bertz CT molecular complexity index is 1040. The predicted molar refractivity (Wildman–Crippen MR) is 119 cm³/mol. The first-order valence-electron chi connectivity index (χ1n) is 8.56. The molecule has 2 amide bonds. The average molecular weight is 448 g/mol. The van der Waals surface area contributed by atoms with Gasteiger partial charge in [-0.25, -0.2) is 0 Å². The Kier molecular flexibility index (Phi) is 7.08. The molecule has 0 aliphatic heterocycles. The van der Waals surface area contributed by atoms with Gasteiger partial charge in [-0.1, -0.05) is 46.8 Å². The first kappa shape index (κ1) is 21.1. The molecule has 2 aromatic carbocycles. The van der Waals surface area contributed by atoms with Gasteiger partial charge in [-0.15, -0.1) is 10.2 Å². The van der Waals surface area contributed by atoms with Crippen molar-refractivity contribution in [2.75, 3.05) is 21.7 Å². The Morgan fingerprint density at radius 2 is 1.83 bits per heavy atom. The summed E-state index contributed by atoms with van der Waals surface area (Å²) in [6.07, 6.45) is 0. The number of aromatic nitrogens is 2. The van der Waals surface area contributed by atoms with Crippen LogP contribution in [0.4, 0.5) is 22.2 Å². The van der Waals surface area contributed by atoms with E-state index in [1.165, 1.54) is 30.0 Å². The Morgan fingerprint density at radius 3 is 2.55 bits per heavy atom. The van der Waals surface area contributed by atoms with Crippen molar-refractivity contribution < 1.29 is 9.59 Å². The number of anilines is 4. The zero-order chi connectivity index (χ0) is 20.8. The maximum Gasteiger partial charge on any atom is 0.234 e. The molecule has 3 N–H and O–H groups in total. The van der Waals surface area contributed by atoms with E-state index in [2.05, 4.69) is 26.1 Å². The number of carbonyl (C=O) groups is 2. The summed E-state index contributed by atoms with van der Waals surface area (Å²) >= 11 is 8.78. The van der Waals surface area contributed by atoms with Crippen LogP contribution in [0.15, 0.2) is 46.8 Å². The Labute approximate surface area is 181 Å². The minimum atomic E-state index is -0.176. The van der Waals surface area contributed by atoms with Gasteiger partial charge in [0.05, 0.1) is 5.75 Å². The number of rotatable bonds is 7. The van der Waals surface area contributed by atoms with Crippen molar-refractivity contribution in [2.45, 2.75) is 18.2 Å². The number of halogens is 1. The number of benzene rings is 2. The number of hydrogen-bond acceptors (Lipinski definition) is 7. The number of amides is 2. The standard InChI is InChI=1S/C19H18ClN5O2S2/c1-11-6-7-15(9-16(11)20)23-18-24-25-19(29-18)28-10-17(27)22-14-5-3-4-13(8-14)21-12(2)26/h3-9H,10H2,1-2H3,(H,21,26)(H,22,27)(H,23,24). The lowest BCUT2D eigenvalue weighted by Gasteiger charge is -2.07. The second-order valence-corrected chi connectivity index (χ2v) is 8.67. The fourth-order valence-corrected chi connectivity index (χ4v) is 4.07. The summed E-state index contributed by atoms with van der Waals surface area (Å²) in [6, 6.07) is 12.6. The van der Waals surface area contributed by atoms with Crippen LogP contribution in [-0.2, 0) is 9.59 Å². The lowest BCUT2D eigenvalue weighted by atomic mass is 10.2. The molecule has 0 radical (unpaired) electrons. The molecule has 0 aliphatic rings. The lowest BCUT2D eigenvalue weighted by molar-refractivity contribution is -0.114. The molecule has 3 aromatic rings. The molecule has 1 heterocycles. The molecule has 0 saturated heterocycles. The minimum absolute atomic E-state index is 0.169. The third-order valence-corrected chi connectivity index (χ3v) is 6.00. The second-order valence-electron chi connectivity index (χ2n) is 6.06. The van der Waals surface area contributed by atoms with Gasteiger partial charge in [0.15, 0.2) is 4.34 Å². The third kappa shape index (κ3) is 6.45. The smallest absolute Gasteiger partial charge is 0.234 e. The van der Waals surface area contributed by atoms with Gasteiger partial charge in [0.25, 0.3) is 0 Å². The maximum absolute atomic E-state index is 12.2. The van der Waals surface area contributed by atoms with E-state index in [0.717, 1.165) is 11.3 Å². The van der Waals surface area contributed by atoms with Crippen LogP contribution in [-0.4, -0.2) is 27.8 Å². The molecule has 150 valence electrons. The predicted octanol–water partition coefficient (Wildman–Crippen LogP) is 4.93. The molecular weight excluding hydrogens is 430 g/mol. The molecular formula is C19H18ClN5O2S2. The maximum atomic E-state index is 12.2. The van der Waals surface area contributed by atoms with Crippen LogP contribution in [0.25, 0.3) is 0 Å². The first-order chi connectivity index (χ1) is 13.9. The van der Waals surface area contributed by atoms with E-state index >= 15 is 0 Å². The molecule has 7 nitrogen and oxygen atoms in total. The van der Waals surface area contributed by atoms with Crippen LogP contribution < -0.4 is 16.0 Å². The quantitative estimate of drug-likeness (QED) is 0.444. The van der Waals surface area contributed by atoms with Gasteiger partial charge in [-0.3, -0.25) is 9.59 Å². The zero-order valence-corrected chi connectivity index (χ0v) is 18.0. The van der Waals surface area contributed by atoms with Crippen LogP contribution in [0.5, 0.6) is 0 Å². The largest absolute Gasteiger partial charge is 0.330 e. The van der Waals surface area contributed by atoms with E-state index < -0.39 is 0 Å². The normalized spacial score (nSPS) is 10.4. The summed E-state index contributed by atoms with van der Waals surface area (Å²) in [5, 5.41) is 18.1. The van der Waals surface area contributed by atoms with Crippen molar-refractivity contribution in [3.05, 3.63) is 53.1 Å². The highest BCUT2D eigenvalue weighted by molar-refractivity contribution is 8.01. The molecule has 29 heavy (non-hydrogen) atoms. The van der Waals surface area contributed by atoms with Gasteiger partial charge in [0.1, 0.15) is 0 Å². The number of nitrogens with one attached hydrogen (secondary N) is 3. The van der Waals surface area contributed by atoms with Crippen LogP contribution in [0.3, 0.4) is 0 Å². The SMILES string of the molecule is CC(=O)Nc1cccc(NC(=O)CSc2nnc(Nc3ccc(C)c(Cl)c3)s2)c1. The molecule has 0 atom stereocenters. The molecule has 0 aliphatic carbocycles. The first-order valence-corrected chi connectivity index (χ1v) is 10.7. The topological polar surface area (TPSA) is 96.0 Å². The Balaban J connectivity index is 1.52. The summed E-state index contributed by atoms with van der Waals surface area (Å²) in [6.45, 7) is 3.37. The van der Waals surface area contributed by atoms with Crippen molar-refractivity contribution in [1.29, 1.82) is 0 Å². The molecule has 0 unspecified atom stereocenters. The van der Waals surface area contributed by atoms with Crippen LogP contribution >= 0.6 is 34.7 Å². The van der Waals surface area contributed by atoms with E-state index in [1.54, 1.807) is 24.3 Å². The van der Waals surface area contributed by atoms with Gasteiger partial charge in [-0.05, 0) is 42.8 Å². The monoisotopic (exact) mass is 447 g/mol. The Morgan fingerprint density at radius 1 is 1.07 bits per heavy atom. The summed E-state index contributed by atoms with van der Waals surface area (Å²) in [4.78, 5) is 23.3. The zero-order valence-electron chi connectivity index (χ0n) is 15.7. The van der Waals surface area contributed by atoms with Gasteiger partial charge < -0.3 is 16.0 Å². The summed E-state index contributed by atoms with van der Waals surface area (Å²) in [7, 11) is 0. The molecule has 0 saturated carbocycles.